The standard InChI is InChI=1S/C14H9BrClN3O3/c15-11-5-12-18(6-8-1-3-9(16)4-2-8)7-10(14(21)22)13(20)19(12)17-11/h1-5,7H,6H2,(H,21,22). The number of aromatic carboxylic acids is 1. The third-order valence-corrected chi connectivity index (χ3v) is 3.80. The molecule has 0 saturated carbocycles. The Morgan fingerprint density at radius 2 is 2.00 bits per heavy atom. The maximum absolute atomic E-state index is 12.1. The Hall–Kier alpha value is -2.12. The number of benzene rings is 1. The van der Waals surface area contributed by atoms with Gasteiger partial charge in [-0.15, -0.1) is 0 Å². The van der Waals surface area contributed by atoms with E-state index in [1.807, 2.05) is 12.1 Å². The molecule has 0 aliphatic carbocycles. The van der Waals surface area contributed by atoms with E-state index in [1.54, 1.807) is 22.8 Å². The molecule has 6 nitrogen and oxygen atoms in total. The van der Waals surface area contributed by atoms with Gasteiger partial charge in [0.25, 0.3) is 5.56 Å². The van der Waals surface area contributed by atoms with Crippen LogP contribution < -0.4 is 5.56 Å². The van der Waals surface area contributed by atoms with Crippen LogP contribution in [0.1, 0.15) is 15.9 Å². The van der Waals surface area contributed by atoms with Crippen LogP contribution in [0.5, 0.6) is 0 Å². The van der Waals surface area contributed by atoms with E-state index in [9.17, 15) is 14.7 Å². The zero-order chi connectivity index (χ0) is 15.9. The lowest BCUT2D eigenvalue weighted by Gasteiger charge is -2.10. The number of carboxylic acid groups (broad SMARTS) is 1. The first kappa shape index (κ1) is 14.8. The van der Waals surface area contributed by atoms with Crippen molar-refractivity contribution >= 4 is 39.1 Å². The number of rotatable bonds is 3. The summed E-state index contributed by atoms with van der Waals surface area (Å²) >= 11 is 9.05. The van der Waals surface area contributed by atoms with Gasteiger partial charge < -0.3 is 9.67 Å². The first-order chi connectivity index (χ1) is 10.5. The van der Waals surface area contributed by atoms with Gasteiger partial charge in [-0.05, 0) is 33.6 Å². The number of hydrogen-bond donors (Lipinski definition) is 1. The average molecular weight is 383 g/mol. The smallest absolute Gasteiger partial charge is 0.342 e. The molecule has 0 unspecified atom stereocenters. The number of hydrogen-bond acceptors (Lipinski definition) is 3. The minimum Gasteiger partial charge on any atom is -0.477 e. The summed E-state index contributed by atoms with van der Waals surface area (Å²) in [5, 5.41) is 13.8. The predicted octanol–water partition coefficient (Wildman–Crippen LogP) is 2.66. The summed E-state index contributed by atoms with van der Waals surface area (Å²) in [6, 6.07) is 8.83. The first-order valence-electron chi connectivity index (χ1n) is 6.22. The van der Waals surface area contributed by atoms with Crippen LogP contribution in [-0.4, -0.2) is 25.3 Å². The highest BCUT2D eigenvalue weighted by molar-refractivity contribution is 9.10. The molecule has 3 rings (SSSR count). The van der Waals surface area contributed by atoms with Gasteiger partial charge in [-0.25, -0.2) is 4.79 Å². The van der Waals surface area contributed by atoms with Crippen LogP contribution in [0.4, 0.5) is 0 Å². The van der Waals surface area contributed by atoms with Crippen LogP contribution in [-0.2, 0) is 6.54 Å². The minimum atomic E-state index is -1.29. The molecular weight excluding hydrogens is 374 g/mol. The average Bonchev–Trinajstić information content (AvgIpc) is 2.86. The minimum absolute atomic E-state index is 0.336. The molecule has 0 radical (unpaired) electrons. The van der Waals surface area contributed by atoms with Gasteiger partial charge in [0.1, 0.15) is 15.8 Å². The molecule has 112 valence electrons. The van der Waals surface area contributed by atoms with Gasteiger partial charge >= 0.3 is 5.97 Å². The van der Waals surface area contributed by atoms with E-state index < -0.39 is 11.5 Å². The second kappa shape index (κ2) is 5.58. The zero-order valence-electron chi connectivity index (χ0n) is 11.0. The normalized spacial score (nSPS) is 11.0. The Kier molecular flexibility index (Phi) is 3.76. The van der Waals surface area contributed by atoms with E-state index in [0.29, 0.717) is 21.8 Å². The van der Waals surface area contributed by atoms with Gasteiger partial charge in [-0.2, -0.15) is 9.61 Å². The fraction of sp³-hybridized carbons (Fsp3) is 0.0714. The predicted molar refractivity (Wildman–Crippen MR) is 84.7 cm³/mol. The lowest BCUT2D eigenvalue weighted by Crippen LogP contribution is -2.26. The molecule has 2 heterocycles. The zero-order valence-corrected chi connectivity index (χ0v) is 13.4. The van der Waals surface area contributed by atoms with E-state index in [0.717, 1.165) is 10.1 Å². The van der Waals surface area contributed by atoms with Crippen molar-refractivity contribution in [3.8, 4) is 0 Å². The second-order valence-corrected chi connectivity index (χ2v) is 5.89. The summed E-state index contributed by atoms with van der Waals surface area (Å²) in [5.74, 6) is -1.29. The number of aromatic nitrogens is 3. The molecule has 0 amide bonds. The van der Waals surface area contributed by atoms with Gasteiger partial charge in [0.05, 0.1) is 0 Å². The Balaban J connectivity index is 2.19. The maximum Gasteiger partial charge on any atom is 0.342 e. The summed E-state index contributed by atoms with van der Waals surface area (Å²) in [7, 11) is 0. The van der Waals surface area contributed by atoms with Crippen molar-refractivity contribution in [1.82, 2.24) is 14.2 Å². The van der Waals surface area contributed by atoms with E-state index in [1.165, 1.54) is 6.20 Å². The van der Waals surface area contributed by atoms with Crippen LogP contribution in [0.25, 0.3) is 5.65 Å². The fourth-order valence-electron chi connectivity index (χ4n) is 2.15. The maximum atomic E-state index is 12.1. The summed E-state index contributed by atoms with van der Waals surface area (Å²) in [6.07, 6.45) is 1.32. The van der Waals surface area contributed by atoms with E-state index in [-0.39, 0.29) is 5.56 Å². The van der Waals surface area contributed by atoms with Crippen molar-refractivity contribution in [2.45, 2.75) is 6.54 Å². The molecule has 0 aliphatic rings. The topological polar surface area (TPSA) is 76.6 Å². The van der Waals surface area contributed by atoms with Crippen molar-refractivity contribution in [2.24, 2.45) is 0 Å². The molecule has 0 fully saturated rings. The lowest BCUT2D eigenvalue weighted by atomic mass is 10.2. The van der Waals surface area contributed by atoms with Crippen molar-refractivity contribution in [3.05, 3.63) is 67.6 Å². The molecule has 0 saturated heterocycles. The third kappa shape index (κ3) is 2.65. The van der Waals surface area contributed by atoms with Crippen molar-refractivity contribution in [3.63, 3.8) is 0 Å². The summed E-state index contributed by atoms with van der Waals surface area (Å²) in [6.45, 7) is 0.388. The van der Waals surface area contributed by atoms with Crippen LogP contribution in [0.2, 0.25) is 5.02 Å². The monoisotopic (exact) mass is 381 g/mol. The molecule has 0 aliphatic heterocycles. The number of halogens is 2. The van der Waals surface area contributed by atoms with Crippen LogP contribution in [0.3, 0.4) is 0 Å². The molecular formula is C14H9BrClN3O3. The van der Waals surface area contributed by atoms with Crippen LogP contribution in [0, 0.1) is 0 Å². The number of carbonyl (C=O) groups is 1. The quantitative estimate of drug-likeness (QED) is 0.755. The van der Waals surface area contributed by atoms with E-state index in [4.69, 9.17) is 11.6 Å². The number of nitrogens with zero attached hydrogens (tertiary/aromatic N) is 3. The molecule has 0 atom stereocenters. The fourth-order valence-corrected chi connectivity index (χ4v) is 2.64. The molecule has 1 N–H and O–H groups in total. The molecule has 22 heavy (non-hydrogen) atoms. The van der Waals surface area contributed by atoms with Crippen molar-refractivity contribution in [2.75, 3.05) is 0 Å². The molecule has 8 heteroatoms. The second-order valence-electron chi connectivity index (χ2n) is 4.64. The van der Waals surface area contributed by atoms with Crippen LogP contribution >= 0.6 is 27.5 Å². The molecule has 0 spiro atoms. The highest BCUT2D eigenvalue weighted by Crippen LogP contribution is 2.15. The van der Waals surface area contributed by atoms with E-state index in [2.05, 4.69) is 21.0 Å². The summed E-state index contributed by atoms with van der Waals surface area (Å²) < 4.78 is 3.19. The molecule has 2 aromatic heterocycles. The van der Waals surface area contributed by atoms with Gasteiger partial charge in [0, 0.05) is 23.8 Å². The number of fused-ring (bicyclic) bond motifs is 1. The Morgan fingerprint density at radius 3 is 2.64 bits per heavy atom. The van der Waals surface area contributed by atoms with Gasteiger partial charge in [-0.3, -0.25) is 4.79 Å². The Morgan fingerprint density at radius 1 is 1.32 bits per heavy atom. The summed E-state index contributed by atoms with van der Waals surface area (Å²) in [4.78, 5) is 23.3. The lowest BCUT2D eigenvalue weighted by molar-refractivity contribution is 0.0693. The number of carboxylic acids is 1. The van der Waals surface area contributed by atoms with Crippen molar-refractivity contribution < 1.29 is 9.90 Å². The van der Waals surface area contributed by atoms with E-state index >= 15 is 0 Å². The first-order valence-corrected chi connectivity index (χ1v) is 7.39. The molecule has 0 bridgehead atoms. The largest absolute Gasteiger partial charge is 0.477 e. The van der Waals surface area contributed by atoms with Gasteiger partial charge in [0.15, 0.2) is 0 Å². The molecule has 3 aromatic rings. The Labute approximate surface area is 137 Å². The van der Waals surface area contributed by atoms with Crippen LogP contribution in [0.15, 0.2) is 45.9 Å². The summed E-state index contributed by atoms with van der Waals surface area (Å²) in [5.41, 5.74) is 0.415. The third-order valence-electron chi connectivity index (χ3n) is 3.16. The van der Waals surface area contributed by atoms with Gasteiger partial charge in [0.2, 0.25) is 0 Å². The van der Waals surface area contributed by atoms with Gasteiger partial charge in [-0.1, -0.05) is 23.7 Å². The Bertz CT molecular complexity index is 931. The highest BCUT2D eigenvalue weighted by atomic mass is 79.9. The molecule has 1 aromatic carbocycles. The van der Waals surface area contributed by atoms with Crippen molar-refractivity contribution in [1.29, 1.82) is 0 Å². The SMILES string of the molecule is O=C(O)c1cn(Cc2ccc(Cl)cc2)c2cc(Br)nn2c1=O. The highest BCUT2D eigenvalue weighted by Gasteiger charge is 2.16.